The van der Waals surface area contributed by atoms with Crippen LogP contribution in [0.25, 0.3) is 10.9 Å². The Hall–Kier alpha value is -4.61. The van der Waals surface area contributed by atoms with Crippen LogP contribution in [0.4, 0.5) is 44.3 Å². The summed E-state index contributed by atoms with van der Waals surface area (Å²) in [6, 6.07) is 10.9. The number of carbonyl (C=O) groups is 2. The summed E-state index contributed by atoms with van der Waals surface area (Å²) < 4.78 is 54.5. The van der Waals surface area contributed by atoms with Crippen molar-refractivity contribution < 1.29 is 32.3 Å². The maximum atomic E-state index is 14.0. The van der Waals surface area contributed by atoms with Gasteiger partial charge in [0.2, 0.25) is 0 Å². The summed E-state index contributed by atoms with van der Waals surface area (Å²) >= 11 is 0. The van der Waals surface area contributed by atoms with Crippen LogP contribution in [0.3, 0.4) is 0 Å². The molecule has 0 radical (unpaired) electrons. The molecular weight excluding hydrogens is 470 g/mol. The number of rotatable bonds is 5. The molecule has 0 fully saturated rings. The Bertz CT molecular complexity index is 1420. The third-order valence-corrected chi connectivity index (χ3v) is 5.02. The number of pyridine rings is 1. The van der Waals surface area contributed by atoms with E-state index in [-0.39, 0.29) is 5.82 Å². The highest BCUT2D eigenvalue weighted by Crippen LogP contribution is 2.32. The van der Waals surface area contributed by atoms with Gasteiger partial charge in [0.05, 0.1) is 22.5 Å². The highest BCUT2D eigenvalue weighted by molar-refractivity contribution is 6.05. The smallest absolute Gasteiger partial charge is 0.416 e. The summed E-state index contributed by atoms with van der Waals surface area (Å²) in [5, 5.41) is 16.3. The predicted molar refractivity (Wildman–Crippen MR) is 121 cm³/mol. The molecule has 2 aromatic carbocycles. The van der Waals surface area contributed by atoms with Crippen molar-refractivity contribution >= 4 is 40.2 Å². The number of urea groups is 1. The third kappa shape index (κ3) is 5.49. The minimum atomic E-state index is -4.69. The van der Waals surface area contributed by atoms with Gasteiger partial charge >= 0.3 is 18.3 Å². The van der Waals surface area contributed by atoms with Crippen molar-refractivity contribution in [1.82, 2.24) is 9.55 Å². The first-order valence-electron chi connectivity index (χ1n) is 10.1. The second-order valence-electron chi connectivity index (χ2n) is 7.43. The van der Waals surface area contributed by atoms with E-state index < -0.39 is 35.4 Å². The van der Waals surface area contributed by atoms with Crippen LogP contribution in [0.5, 0.6) is 0 Å². The molecule has 35 heavy (non-hydrogen) atoms. The molecular formula is C23H17F4N5O3. The van der Waals surface area contributed by atoms with E-state index in [4.69, 9.17) is 5.11 Å². The molecule has 3 amide bonds. The lowest BCUT2D eigenvalue weighted by molar-refractivity contribution is -0.137. The molecule has 4 rings (SSSR count). The van der Waals surface area contributed by atoms with E-state index in [9.17, 15) is 27.2 Å². The van der Waals surface area contributed by atoms with Gasteiger partial charge < -0.3 is 20.3 Å². The van der Waals surface area contributed by atoms with Gasteiger partial charge in [-0.3, -0.25) is 5.32 Å². The molecule has 0 aliphatic carbocycles. The van der Waals surface area contributed by atoms with Gasteiger partial charge in [-0.25, -0.2) is 19.0 Å². The maximum absolute atomic E-state index is 14.0. The van der Waals surface area contributed by atoms with Crippen LogP contribution in [0.2, 0.25) is 0 Å². The first-order valence-corrected chi connectivity index (χ1v) is 10.1. The Morgan fingerprint density at radius 2 is 1.74 bits per heavy atom. The summed E-state index contributed by atoms with van der Waals surface area (Å²) in [4.78, 5) is 27.2. The van der Waals surface area contributed by atoms with Gasteiger partial charge in [0.15, 0.2) is 0 Å². The summed E-state index contributed by atoms with van der Waals surface area (Å²) in [6.45, 7) is 0.366. The van der Waals surface area contributed by atoms with E-state index in [1.54, 1.807) is 42.6 Å². The number of fused-ring (bicyclic) bond motifs is 1. The fourth-order valence-electron chi connectivity index (χ4n) is 3.49. The average molecular weight is 487 g/mol. The van der Waals surface area contributed by atoms with Crippen molar-refractivity contribution in [2.75, 3.05) is 16.0 Å². The van der Waals surface area contributed by atoms with Gasteiger partial charge in [-0.1, -0.05) is 6.07 Å². The molecule has 12 heteroatoms. The Morgan fingerprint density at radius 1 is 0.971 bits per heavy atom. The Labute approximate surface area is 195 Å². The zero-order valence-electron chi connectivity index (χ0n) is 17.7. The lowest BCUT2D eigenvalue weighted by atomic mass is 10.2. The van der Waals surface area contributed by atoms with Crippen molar-refractivity contribution in [3.63, 3.8) is 0 Å². The van der Waals surface area contributed by atoms with Crippen molar-refractivity contribution in [1.29, 1.82) is 0 Å². The third-order valence-electron chi connectivity index (χ3n) is 5.02. The van der Waals surface area contributed by atoms with E-state index >= 15 is 0 Å². The summed E-state index contributed by atoms with van der Waals surface area (Å²) in [5.74, 6) is -0.834. The van der Waals surface area contributed by atoms with Crippen molar-refractivity contribution in [2.45, 2.75) is 12.7 Å². The van der Waals surface area contributed by atoms with E-state index in [1.807, 2.05) is 4.57 Å². The number of benzene rings is 2. The normalized spacial score (nSPS) is 11.3. The lowest BCUT2D eigenvalue weighted by Crippen LogP contribution is -2.20. The molecule has 0 aliphatic heterocycles. The number of halogens is 4. The maximum Gasteiger partial charge on any atom is 0.416 e. The standard InChI is InChI=1S/C23H17F4N5O3/c24-16-5-4-14(23(25,26)27)11-18(16)30-21(33)29-17-2-1-3-19-15(17)7-9-32(19)12-13-6-8-28-20(10-13)31-22(34)35/h1-11H,12H2,(H,28,31)(H,34,35)(H2,29,30,33). The number of nitrogens with zero attached hydrogens (tertiary/aromatic N) is 2. The second kappa shape index (κ2) is 9.33. The van der Waals surface area contributed by atoms with Gasteiger partial charge in [-0.05, 0) is 54.1 Å². The molecule has 4 N–H and O–H groups in total. The minimum absolute atomic E-state index is 0.173. The first-order chi connectivity index (χ1) is 16.6. The molecule has 0 saturated carbocycles. The highest BCUT2D eigenvalue weighted by Gasteiger charge is 2.31. The van der Waals surface area contributed by atoms with Crippen LogP contribution in [-0.2, 0) is 12.7 Å². The molecule has 2 heterocycles. The Balaban J connectivity index is 1.53. The zero-order chi connectivity index (χ0) is 25.2. The van der Waals surface area contributed by atoms with Crippen LogP contribution in [0, 0.1) is 5.82 Å². The van der Waals surface area contributed by atoms with E-state index in [0.29, 0.717) is 35.8 Å². The van der Waals surface area contributed by atoms with E-state index in [2.05, 4.69) is 20.9 Å². The number of alkyl halides is 3. The van der Waals surface area contributed by atoms with Gasteiger partial charge in [0.1, 0.15) is 11.6 Å². The number of aromatic nitrogens is 2. The SMILES string of the molecule is O=C(O)Nc1cc(Cn2ccc3c(NC(=O)Nc4cc(C(F)(F)F)ccc4F)cccc32)ccn1. The van der Waals surface area contributed by atoms with Crippen LogP contribution in [-0.4, -0.2) is 26.8 Å². The van der Waals surface area contributed by atoms with E-state index in [1.165, 1.54) is 6.20 Å². The minimum Gasteiger partial charge on any atom is -0.465 e. The number of nitrogens with one attached hydrogen (secondary N) is 3. The number of carboxylic acid groups (broad SMARTS) is 1. The molecule has 0 bridgehead atoms. The van der Waals surface area contributed by atoms with Gasteiger partial charge in [-0.15, -0.1) is 0 Å². The predicted octanol–water partition coefficient (Wildman–Crippen LogP) is 5.98. The van der Waals surface area contributed by atoms with Gasteiger partial charge in [0, 0.05) is 24.3 Å². The van der Waals surface area contributed by atoms with Gasteiger partial charge in [-0.2, -0.15) is 13.2 Å². The lowest BCUT2D eigenvalue weighted by Gasteiger charge is -2.12. The van der Waals surface area contributed by atoms with Crippen LogP contribution >= 0.6 is 0 Å². The Morgan fingerprint density at radius 3 is 2.49 bits per heavy atom. The van der Waals surface area contributed by atoms with Crippen LogP contribution in [0.1, 0.15) is 11.1 Å². The summed E-state index contributed by atoms with van der Waals surface area (Å²) in [6.07, 6.45) is -2.70. The molecule has 0 aliphatic rings. The fourth-order valence-corrected chi connectivity index (χ4v) is 3.49. The highest BCUT2D eigenvalue weighted by atomic mass is 19.4. The van der Waals surface area contributed by atoms with Crippen LogP contribution < -0.4 is 16.0 Å². The number of hydrogen-bond donors (Lipinski definition) is 4. The fraction of sp³-hybridized carbons (Fsp3) is 0.0870. The number of anilines is 3. The molecule has 8 nitrogen and oxygen atoms in total. The molecule has 4 aromatic rings. The second-order valence-corrected chi connectivity index (χ2v) is 7.43. The van der Waals surface area contributed by atoms with Crippen molar-refractivity contribution in [3.05, 3.63) is 83.9 Å². The quantitative estimate of drug-likeness (QED) is 0.260. The number of carbonyl (C=O) groups excluding carboxylic acids is 1. The molecule has 180 valence electrons. The summed E-state index contributed by atoms with van der Waals surface area (Å²) in [7, 11) is 0. The topological polar surface area (TPSA) is 108 Å². The molecule has 0 saturated heterocycles. The largest absolute Gasteiger partial charge is 0.465 e. The number of hydrogen-bond acceptors (Lipinski definition) is 3. The molecule has 0 atom stereocenters. The van der Waals surface area contributed by atoms with E-state index in [0.717, 1.165) is 11.1 Å². The molecule has 0 spiro atoms. The van der Waals surface area contributed by atoms with Crippen molar-refractivity contribution in [3.8, 4) is 0 Å². The summed E-state index contributed by atoms with van der Waals surface area (Å²) in [5.41, 5.74) is 0.140. The van der Waals surface area contributed by atoms with Crippen LogP contribution in [0.15, 0.2) is 67.0 Å². The molecule has 0 unspecified atom stereocenters. The number of amides is 3. The Kier molecular flexibility index (Phi) is 6.28. The van der Waals surface area contributed by atoms with Gasteiger partial charge in [0.25, 0.3) is 0 Å². The monoisotopic (exact) mass is 487 g/mol. The zero-order valence-corrected chi connectivity index (χ0v) is 17.7. The molecule has 2 aromatic heterocycles. The van der Waals surface area contributed by atoms with Crippen molar-refractivity contribution in [2.24, 2.45) is 0 Å². The first kappa shape index (κ1) is 23.5. The average Bonchev–Trinajstić information content (AvgIpc) is 3.18.